The number of aromatic nitrogens is 4. The van der Waals surface area contributed by atoms with Crippen LogP contribution in [0, 0.1) is 0 Å². The van der Waals surface area contributed by atoms with Crippen LogP contribution >= 0.6 is 0 Å². The number of benzene rings is 1. The standard InChI is InChI=1S/C18H18N6O6/c19-14-10-15(21-6-20-14)24(7-22-10)17-12(26)9(13(30-17)18(28)29)23-16(27)11(25)8-4-2-1-3-5-8/h1-7,9,11-13,17,25-26H,(H,23,27)(H,28,29)(H2,19,20,21). The fourth-order valence-corrected chi connectivity index (χ4v) is 3.36. The van der Waals surface area contributed by atoms with Gasteiger partial charge in [-0.05, 0) is 5.56 Å². The molecule has 1 fully saturated rings. The van der Waals surface area contributed by atoms with Crippen LogP contribution in [0.1, 0.15) is 17.9 Å². The maximum atomic E-state index is 12.5. The molecule has 0 bridgehead atoms. The summed E-state index contributed by atoms with van der Waals surface area (Å²) in [6.07, 6.45) is -3.34. The van der Waals surface area contributed by atoms with Gasteiger partial charge in [-0.25, -0.2) is 19.7 Å². The van der Waals surface area contributed by atoms with Crippen LogP contribution in [-0.2, 0) is 14.3 Å². The Balaban J connectivity index is 1.60. The quantitative estimate of drug-likeness (QED) is 0.345. The lowest BCUT2D eigenvalue weighted by Gasteiger charge is -2.22. The maximum Gasteiger partial charge on any atom is 0.335 e. The second kappa shape index (κ2) is 7.67. The van der Waals surface area contributed by atoms with Gasteiger partial charge in [0.2, 0.25) is 0 Å². The smallest absolute Gasteiger partial charge is 0.335 e. The van der Waals surface area contributed by atoms with Gasteiger partial charge in [0.25, 0.3) is 5.91 Å². The number of imidazole rings is 1. The number of nitrogens with two attached hydrogens (primary N) is 1. The number of aliphatic carboxylic acids is 1. The number of amides is 1. The predicted octanol–water partition coefficient (Wildman–Crippen LogP) is -1.03. The minimum absolute atomic E-state index is 0.108. The summed E-state index contributed by atoms with van der Waals surface area (Å²) in [7, 11) is 0. The number of nitrogen functional groups attached to an aromatic ring is 1. The molecule has 1 aliphatic rings. The SMILES string of the molecule is Nc1ncnc2c1ncn2C1OC(C(=O)O)C(NC(=O)C(O)c2ccccc2)C1O. The molecule has 2 aromatic heterocycles. The Morgan fingerprint density at radius 1 is 1.20 bits per heavy atom. The summed E-state index contributed by atoms with van der Waals surface area (Å²) in [6, 6.07) is 6.77. The van der Waals surface area contributed by atoms with Crippen molar-refractivity contribution in [2.24, 2.45) is 0 Å². The second-order valence-electron chi connectivity index (χ2n) is 6.71. The molecule has 3 heterocycles. The second-order valence-corrected chi connectivity index (χ2v) is 6.71. The van der Waals surface area contributed by atoms with E-state index in [0.29, 0.717) is 5.56 Å². The lowest BCUT2D eigenvalue weighted by molar-refractivity contribution is -0.152. The van der Waals surface area contributed by atoms with Gasteiger partial charge in [0.05, 0.1) is 12.4 Å². The first-order chi connectivity index (χ1) is 14.4. The molecule has 0 radical (unpaired) electrons. The first kappa shape index (κ1) is 19.7. The molecule has 4 rings (SSSR count). The fraction of sp³-hybridized carbons (Fsp3) is 0.278. The number of aliphatic hydroxyl groups excluding tert-OH is 2. The third-order valence-electron chi connectivity index (χ3n) is 4.85. The largest absolute Gasteiger partial charge is 0.479 e. The molecule has 0 aliphatic carbocycles. The number of carboxylic acid groups (broad SMARTS) is 1. The van der Waals surface area contributed by atoms with E-state index in [1.54, 1.807) is 30.3 Å². The summed E-state index contributed by atoms with van der Waals surface area (Å²) < 4.78 is 6.82. The van der Waals surface area contributed by atoms with Crippen molar-refractivity contribution in [2.45, 2.75) is 30.6 Å². The summed E-state index contributed by atoms with van der Waals surface area (Å²) in [5.41, 5.74) is 6.56. The van der Waals surface area contributed by atoms with Crippen LogP contribution in [-0.4, -0.2) is 65.0 Å². The molecule has 0 spiro atoms. The van der Waals surface area contributed by atoms with Gasteiger partial charge < -0.3 is 31.1 Å². The van der Waals surface area contributed by atoms with Gasteiger partial charge in [-0.15, -0.1) is 0 Å². The highest BCUT2D eigenvalue weighted by molar-refractivity contribution is 5.84. The number of carbonyl (C=O) groups is 2. The molecule has 1 aliphatic heterocycles. The average Bonchev–Trinajstić information content (AvgIpc) is 3.30. The Bertz CT molecular complexity index is 1090. The van der Waals surface area contributed by atoms with E-state index >= 15 is 0 Å². The first-order valence-electron chi connectivity index (χ1n) is 8.91. The van der Waals surface area contributed by atoms with E-state index in [1.165, 1.54) is 17.2 Å². The van der Waals surface area contributed by atoms with Gasteiger partial charge in [0.1, 0.15) is 17.9 Å². The van der Waals surface area contributed by atoms with Gasteiger partial charge >= 0.3 is 5.97 Å². The number of ether oxygens (including phenoxy) is 1. The highest BCUT2D eigenvalue weighted by Crippen LogP contribution is 2.32. The average molecular weight is 414 g/mol. The summed E-state index contributed by atoms with van der Waals surface area (Å²) in [6.45, 7) is 0. The molecular formula is C18H18N6O6. The van der Waals surface area contributed by atoms with Crippen molar-refractivity contribution >= 4 is 28.9 Å². The lowest BCUT2D eigenvalue weighted by atomic mass is 10.0. The molecule has 3 aromatic rings. The molecule has 1 aromatic carbocycles. The summed E-state index contributed by atoms with van der Waals surface area (Å²) in [5.74, 6) is -2.16. The molecule has 12 heteroatoms. The Labute approximate surface area is 169 Å². The Morgan fingerprint density at radius 3 is 2.63 bits per heavy atom. The third kappa shape index (κ3) is 3.32. The third-order valence-corrected chi connectivity index (χ3v) is 4.85. The summed E-state index contributed by atoms with van der Waals surface area (Å²) in [4.78, 5) is 36.1. The predicted molar refractivity (Wildman–Crippen MR) is 101 cm³/mol. The fourth-order valence-electron chi connectivity index (χ4n) is 3.36. The zero-order valence-corrected chi connectivity index (χ0v) is 15.4. The minimum atomic E-state index is -1.58. The van der Waals surface area contributed by atoms with Crippen molar-refractivity contribution in [3.8, 4) is 0 Å². The Kier molecular flexibility index (Phi) is 5.03. The summed E-state index contributed by atoms with van der Waals surface area (Å²) in [5, 5.41) is 32.9. The number of rotatable bonds is 5. The van der Waals surface area contributed by atoms with Crippen LogP contribution < -0.4 is 11.1 Å². The summed E-state index contributed by atoms with van der Waals surface area (Å²) >= 11 is 0. The molecule has 1 saturated heterocycles. The van der Waals surface area contributed by atoms with E-state index in [-0.39, 0.29) is 17.0 Å². The van der Waals surface area contributed by atoms with E-state index in [2.05, 4.69) is 20.3 Å². The molecule has 6 N–H and O–H groups in total. The van der Waals surface area contributed by atoms with E-state index in [4.69, 9.17) is 10.5 Å². The van der Waals surface area contributed by atoms with Gasteiger partial charge in [-0.3, -0.25) is 9.36 Å². The van der Waals surface area contributed by atoms with Crippen LogP contribution in [0.25, 0.3) is 11.2 Å². The first-order valence-corrected chi connectivity index (χ1v) is 8.91. The maximum absolute atomic E-state index is 12.5. The van der Waals surface area contributed by atoms with Gasteiger partial charge in [-0.2, -0.15) is 0 Å². The monoisotopic (exact) mass is 414 g/mol. The molecule has 5 atom stereocenters. The number of aliphatic hydroxyl groups is 2. The molecule has 1 amide bonds. The van der Waals surface area contributed by atoms with Crippen molar-refractivity contribution in [1.82, 2.24) is 24.8 Å². The molecular weight excluding hydrogens is 396 g/mol. The van der Waals surface area contributed by atoms with Crippen molar-refractivity contribution in [1.29, 1.82) is 0 Å². The number of carboxylic acids is 1. The van der Waals surface area contributed by atoms with Crippen LogP contribution in [0.3, 0.4) is 0 Å². The van der Waals surface area contributed by atoms with Gasteiger partial charge in [0.15, 0.2) is 29.9 Å². The Morgan fingerprint density at radius 2 is 1.93 bits per heavy atom. The highest BCUT2D eigenvalue weighted by Gasteiger charge is 2.50. The van der Waals surface area contributed by atoms with E-state index in [9.17, 15) is 24.9 Å². The molecule has 5 unspecified atom stereocenters. The minimum Gasteiger partial charge on any atom is -0.479 e. The van der Waals surface area contributed by atoms with E-state index in [1.807, 2.05) is 0 Å². The number of nitrogens with one attached hydrogen (secondary N) is 1. The van der Waals surface area contributed by atoms with E-state index < -0.39 is 42.5 Å². The van der Waals surface area contributed by atoms with Crippen molar-refractivity contribution in [3.05, 3.63) is 48.5 Å². The normalized spacial score (nSPS) is 24.6. The van der Waals surface area contributed by atoms with Crippen LogP contribution in [0.5, 0.6) is 0 Å². The number of anilines is 1. The van der Waals surface area contributed by atoms with Crippen LogP contribution in [0.15, 0.2) is 43.0 Å². The molecule has 0 saturated carbocycles. The molecule has 12 nitrogen and oxygen atoms in total. The van der Waals surface area contributed by atoms with Crippen molar-refractivity contribution in [3.63, 3.8) is 0 Å². The van der Waals surface area contributed by atoms with E-state index in [0.717, 1.165) is 0 Å². The van der Waals surface area contributed by atoms with Crippen LogP contribution in [0.4, 0.5) is 5.82 Å². The number of nitrogens with zero attached hydrogens (tertiary/aromatic N) is 4. The highest BCUT2D eigenvalue weighted by atomic mass is 16.6. The van der Waals surface area contributed by atoms with Gasteiger partial charge in [0, 0.05) is 0 Å². The molecule has 30 heavy (non-hydrogen) atoms. The number of hydrogen-bond donors (Lipinski definition) is 5. The van der Waals surface area contributed by atoms with Crippen molar-refractivity contribution < 1.29 is 29.6 Å². The zero-order chi connectivity index (χ0) is 21.4. The number of carbonyl (C=O) groups excluding carboxylic acids is 1. The lowest BCUT2D eigenvalue weighted by Crippen LogP contribution is -2.51. The van der Waals surface area contributed by atoms with Crippen LogP contribution in [0.2, 0.25) is 0 Å². The van der Waals surface area contributed by atoms with Gasteiger partial charge in [-0.1, -0.05) is 30.3 Å². The number of hydrogen-bond acceptors (Lipinski definition) is 9. The molecule has 156 valence electrons. The topological polar surface area (TPSA) is 186 Å². The Hall–Kier alpha value is -3.61. The number of fused-ring (bicyclic) bond motifs is 1. The van der Waals surface area contributed by atoms with Crippen molar-refractivity contribution in [2.75, 3.05) is 5.73 Å². The zero-order valence-electron chi connectivity index (χ0n) is 15.4.